The van der Waals surface area contributed by atoms with Crippen LogP contribution < -0.4 is 5.73 Å². The van der Waals surface area contributed by atoms with Crippen molar-refractivity contribution in [2.24, 2.45) is 5.73 Å². The molecule has 0 heterocycles. The Morgan fingerprint density at radius 3 is 2.39 bits per heavy atom. The van der Waals surface area contributed by atoms with Gasteiger partial charge in [0.05, 0.1) is 6.42 Å². The zero-order valence-electron chi connectivity index (χ0n) is 10.5. The Labute approximate surface area is 106 Å². The lowest BCUT2D eigenvalue weighted by Gasteiger charge is -2.21. The number of hydrogen-bond acceptors (Lipinski definition) is 2. The highest BCUT2D eigenvalue weighted by Crippen LogP contribution is 2.13. The molecule has 0 fully saturated rings. The summed E-state index contributed by atoms with van der Waals surface area (Å²) in [5.74, 6) is -1.67. The zero-order chi connectivity index (χ0) is 13.5. The molecule has 0 atom stereocenters. The number of carbonyl (C=O) groups is 1. The van der Waals surface area contributed by atoms with Crippen molar-refractivity contribution in [2.75, 3.05) is 19.6 Å². The van der Waals surface area contributed by atoms with Gasteiger partial charge in [-0.1, -0.05) is 13.0 Å². The van der Waals surface area contributed by atoms with Gasteiger partial charge in [-0.25, -0.2) is 8.78 Å². The smallest absolute Gasteiger partial charge is 0.227 e. The molecular weight excluding hydrogens is 238 g/mol. The summed E-state index contributed by atoms with van der Waals surface area (Å²) >= 11 is 0. The van der Waals surface area contributed by atoms with Crippen molar-refractivity contribution in [1.82, 2.24) is 4.90 Å². The first kappa shape index (κ1) is 14.6. The van der Waals surface area contributed by atoms with Crippen LogP contribution in [0.2, 0.25) is 0 Å². The molecule has 0 aliphatic rings. The zero-order valence-corrected chi connectivity index (χ0v) is 10.5. The van der Waals surface area contributed by atoms with Gasteiger partial charge in [0.1, 0.15) is 11.6 Å². The maximum absolute atomic E-state index is 13.4. The number of rotatable bonds is 6. The minimum atomic E-state index is -0.687. The summed E-state index contributed by atoms with van der Waals surface area (Å²) in [6.45, 7) is 3.22. The summed E-state index contributed by atoms with van der Waals surface area (Å²) in [4.78, 5) is 13.5. The van der Waals surface area contributed by atoms with Crippen LogP contribution in [-0.4, -0.2) is 30.4 Å². The number of nitrogens with two attached hydrogens (primary N) is 1. The van der Waals surface area contributed by atoms with Crippen molar-refractivity contribution < 1.29 is 13.6 Å². The SMILES string of the molecule is CCCN(CCN)C(=O)Cc1c(F)cccc1F. The Bertz CT molecular complexity index is 384. The molecule has 0 saturated carbocycles. The Morgan fingerprint density at radius 2 is 1.89 bits per heavy atom. The van der Waals surface area contributed by atoms with E-state index in [0.29, 0.717) is 19.6 Å². The van der Waals surface area contributed by atoms with Gasteiger partial charge in [-0.05, 0) is 18.6 Å². The van der Waals surface area contributed by atoms with Crippen LogP contribution in [0.3, 0.4) is 0 Å². The molecule has 0 bridgehead atoms. The molecule has 2 N–H and O–H groups in total. The van der Waals surface area contributed by atoms with E-state index in [2.05, 4.69) is 0 Å². The van der Waals surface area contributed by atoms with Crippen LogP contribution in [0.5, 0.6) is 0 Å². The average Bonchev–Trinajstić information content (AvgIpc) is 2.33. The van der Waals surface area contributed by atoms with Crippen LogP contribution in [0.1, 0.15) is 18.9 Å². The van der Waals surface area contributed by atoms with Gasteiger partial charge in [0.15, 0.2) is 0 Å². The van der Waals surface area contributed by atoms with Gasteiger partial charge in [-0.3, -0.25) is 4.79 Å². The monoisotopic (exact) mass is 256 g/mol. The molecule has 0 aliphatic heterocycles. The molecule has 18 heavy (non-hydrogen) atoms. The topological polar surface area (TPSA) is 46.3 Å². The second kappa shape index (κ2) is 7.06. The molecule has 0 saturated heterocycles. The molecule has 1 aromatic carbocycles. The molecule has 0 spiro atoms. The predicted molar refractivity (Wildman–Crippen MR) is 66.0 cm³/mol. The summed E-state index contributed by atoms with van der Waals surface area (Å²) in [5, 5.41) is 0. The molecular formula is C13H18F2N2O. The van der Waals surface area contributed by atoms with Crippen LogP contribution >= 0.6 is 0 Å². The quantitative estimate of drug-likeness (QED) is 0.842. The minimum absolute atomic E-state index is 0.180. The lowest BCUT2D eigenvalue weighted by atomic mass is 10.1. The second-order valence-electron chi connectivity index (χ2n) is 4.05. The minimum Gasteiger partial charge on any atom is -0.341 e. The van der Waals surface area contributed by atoms with E-state index in [1.807, 2.05) is 6.92 Å². The van der Waals surface area contributed by atoms with Crippen LogP contribution in [0.15, 0.2) is 18.2 Å². The Kier molecular flexibility index (Phi) is 5.71. The molecule has 1 rings (SSSR count). The summed E-state index contributed by atoms with van der Waals surface area (Å²) in [6.07, 6.45) is 0.518. The third-order valence-corrected chi connectivity index (χ3v) is 2.63. The van der Waals surface area contributed by atoms with Gasteiger partial charge in [-0.2, -0.15) is 0 Å². The second-order valence-corrected chi connectivity index (χ2v) is 4.05. The maximum atomic E-state index is 13.4. The molecule has 0 radical (unpaired) electrons. The fourth-order valence-corrected chi connectivity index (χ4v) is 1.75. The third kappa shape index (κ3) is 3.77. The largest absolute Gasteiger partial charge is 0.341 e. The fraction of sp³-hybridized carbons (Fsp3) is 0.462. The molecule has 5 heteroatoms. The van der Waals surface area contributed by atoms with E-state index in [9.17, 15) is 13.6 Å². The van der Waals surface area contributed by atoms with E-state index in [4.69, 9.17) is 5.73 Å². The molecule has 0 aromatic heterocycles. The van der Waals surface area contributed by atoms with Gasteiger partial charge in [0.2, 0.25) is 5.91 Å². The van der Waals surface area contributed by atoms with E-state index < -0.39 is 11.6 Å². The molecule has 1 amide bonds. The number of halogens is 2. The number of benzene rings is 1. The number of amides is 1. The van der Waals surface area contributed by atoms with Crippen molar-refractivity contribution in [3.05, 3.63) is 35.4 Å². The Balaban J connectivity index is 2.79. The number of carbonyl (C=O) groups excluding carboxylic acids is 1. The fourth-order valence-electron chi connectivity index (χ4n) is 1.75. The summed E-state index contributed by atoms with van der Waals surface area (Å²) in [7, 11) is 0. The van der Waals surface area contributed by atoms with E-state index in [0.717, 1.165) is 18.6 Å². The first-order chi connectivity index (χ1) is 8.60. The normalized spacial score (nSPS) is 10.4. The van der Waals surface area contributed by atoms with Crippen LogP contribution in [0.4, 0.5) is 8.78 Å². The lowest BCUT2D eigenvalue weighted by molar-refractivity contribution is -0.130. The molecule has 1 aromatic rings. The summed E-state index contributed by atoms with van der Waals surface area (Å²) in [5.41, 5.74) is 5.23. The Hall–Kier alpha value is -1.49. The van der Waals surface area contributed by atoms with Crippen molar-refractivity contribution in [1.29, 1.82) is 0 Å². The first-order valence-corrected chi connectivity index (χ1v) is 6.00. The van der Waals surface area contributed by atoms with Crippen LogP contribution in [0.25, 0.3) is 0 Å². The van der Waals surface area contributed by atoms with Crippen LogP contribution in [0, 0.1) is 11.6 Å². The summed E-state index contributed by atoms with van der Waals surface area (Å²) in [6, 6.07) is 3.58. The van der Waals surface area contributed by atoms with E-state index in [1.54, 1.807) is 0 Å². The Morgan fingerprint density at radius 1 is 1.28 bits per heavy atom. The maximum Gasteiger partial charge on any atom is 0.227 e. The first-order valence-electron chi connectivity index (χ1n) is 6.00. The van der Waals surface area contributed by atoms with Crippen molar-refractivity contribution in [3.63, 3.8) is 0 Å². The van der Waals surface area contributed by atoms with Crippen molar-refractivity contribution >= 4 is 5.91 Å². The van der Waals surface area contributed by atoms with E-state index >= 15 is 0 Å². The molecule has 3 nitrogen and oxygen atoms in total. The average molecular weight is 256 g/mol. The van der Waals surface area contributed by atoms with Gasteiger partial charge in [0, 0.05) is 25.2 Å². The van der Waals surface area contributed by atoms with E-state index in [-0.39, 0.29) is 17.9 Å². The molecule has 0 aliphatic carbocycles. The number of hydrogen-bond donors (Lipinski definition) is 1. The highest BCUT2D eigenvalue weighted by atomic mass is 19.1. The highest BCUT2D eigenvalue weighted by molar-refractivity contribution is 5.78. The van der Waals surface area contributed by atoms with Crippen molar-refractivity contribution in [3.8, 4) is 0 Å². The number of nitrogens with zero attached hydrogens (tertiary/aromatic N) is 1. The highest BCUT2D eigenvalue weighted by Gasteiger charge is 2.17. The lowest BCUT2D eigenvalue weighted by Crippen LogP contribution is -2.37. The van der Waals surface area contributed by atoms with Crippen LogP contribution in [-0.2, 0) is 11.2 Å². The standard InChI is InChI=1S/C13H18F2N2O/c1-2-7-17(8-6-16)13(18)9-10-11(14)4-3-5-12(10)15/h3-5H,2,6-9,16H2,1H3. The van der Waals surface area contributed by atoms with Gasteiger partial charge >= 0.3 is 0 Å². The molecule has 0 unspecified atom stereocenters. The molecule has 100 valence electrons. The van der Waals surface area contributed by atoms with E-state index in [1.165, 1.54) is 11.0 Å². The predicted octanol–water partition coefficient (Wildman–Crippen LogP) is 1.70. The van der Waals surface area contributed by atoms with Gasteiger partial charge in [0.25, 0.3) is 0 Å². The van der Waals surface area contributed by atoms with Gasteiger partial charge < -0.3 is 10.6 Å². The summed E-state index contributed by atoms with van der Waals surface area (Å²) < 4.78 is 26.8. The van der Waals surface area contributed by atoms with Gasteiger partial charge in [-0.15, -0.1) is 0 Å². The third-order valence-electron chi connectivity index (χ3n) is 2.63. The van der Waals surface area contributed by atoms with Crippen molar-refractivity contribution in [2.45, 2.75) is 19.8 Å².